The molecule has 0 unspecified atom stereocenters. The first-order chi connectivity index (χ1) is 11.3. The Kier molecular flexibility index (Phi) is 5.46. The zero-order chi connectivity index (χ0) is 17.9. The van der Waals surface area contributed by atoms with Crippen LogP contribution in [0.3, 0.4) is 0 Å². The quantitative estimate of drug-likeness (QED) is 0.872. The van der Waals surface area contributed by atoms with Crippen LogP contribution in [0.5, 0.6) is 5.75 Å². The molecule has 2 rings (SSSR count). The van der Waals surface area contributed by atoms with Gasteiger partial charge >= 0.3 is 0 Å². The minimum absolute atomic E-state index is 0.258. The summed E-state index contributed by atoms with van der Waals surface area (Å²) in [5.74, 6) is -0.274. The molecule has 126 valence electrons. The Balaban J connectivity index is 2.34. The third-order valence-electron chi connectivity index (χ3n) is 3.32. The van der Waals surface area contributed by atoms with E-state index >= 15 is 0 Å². The van der Waals surface area contributed by atoms with E-state index in [-0.39, 0.29) is 22.4 Å². The van der Waals surface area contributed by atoms with Crippen molar-refractivity contribution in [2.75, 3.05) is 17.7 Å². The molecule has 6 heteroatoms. The standard InChI is InChI=1S/C18H19ClN2O3/c1-10-5-11(2)7-13(6-10)21-18(23)14-8-15(19)16(20-12(3)22)9-17(14)24-4/h5-9H,1-4H3,(H,20,22)(H,21,23). The second-order valence-electron chi connectivity index (χ2n) is 5.54. The molecule has 2 aromatic rings. The molecule has 0 aliphatic carbocycles. The number of amides is 2. The van der Waals surface area contributed by atoms with Gasteiger partial charge in [-0.3, -0.25) is 9.59 Å². The van der Waals surface area contributed by atoms with Crippen molar-refractivity contribution in [3.63, 3.8) is 0 Å². The first-order valence-electron chi connectivity index (χ1n) is 7.35. The average Bonchev–Trinajstić information content (AvgIpc) is 2.47. The van der Waals surface area contributed by atoms with Crippen LogP contribution in [0.25, 0.3) is 0 Å². The maximum Gasteiger partial charge on any atom is 0.259 e. The molecule has 2 N–H and O–H groups in total. The Morgan fingerprint density at radius 2 is 1.62 bits per heavy atom. The van der Waals surface area contributed by atoms with Crippen molar-refractivity contribution < 1.29 is 14.3 Å². The second kappa shape index (κ2) is 7.36. The summed E-state index contributed by atoms with van der Waals surface area (Å²) >= 11 is 6.15. The Labute approximate surface area is 146 Å². The molecule has 0 aromatic heterocycles. The normalized spacial score (nSPS) is 10.2. The summed E-state index contributed by atoms with van der Waals surface area (Å²) in [6, 6.07) is 8.79. The van der Waals surface area contributed by atoms with Crippen LogP contribution in [0.2, 0.25) is 5.02 Å². The Bertz CT molecular complexity index is 783. The summed E-state index contributed by atoms with van der Waals surface area (Å²) in [5.41, 5.74) is 3.48. The van der Waals surface area contributed by atoms with Crippen LogP contribution in [0.15, 0.2) is 30.3 Å². The zero-order valence-electron chi connectivity index (χ0n) is 14.0. The lowest BCUT2D eigenvalue weighted by Gasteiger charge is -2.13. The monoisotopic (exact) mass is 346 g/mol. The lowest BCUT2D eigenvalue weighted by Crippen LogP contribution is -2.14. The first-order valence-corrected chi connectivity index (χ1v) is 7.72. The molecule has 0 aliphatic rings. The number of anilines is 2. The van der Waals surface area contributed by atoms with Gasteiger partial charge in [0.25, 0.3) is 5.91 Å². The fourth-order valence-corrected chi connectivity index (χ4v) is 2.64. The minimum Gasteiger partial charge on any atom is -0.496 e. The topological polar surface area (TPSA) is 67.4 Å². The van der Waals surface area contributed by atoms with E-state index in [4.69, 9.17) is 16.3 Å². The molecule has 2 amide bonds. The predicted molar refractivity (Wildman–Crippen MR) is 96.2 cm³/mol. The van der Waals surface area contributed by atoms with Crippen molar-refractivity contribution >= 4 is 34.8 Å². The smallest absolute Gasteiger partial charge is 0.259 e. The van der Waals surface area contributed by atoms with Gasteiger partial charge in [-0.05, 0) is 43.2 Å². The highest BCUT2D eigenvalue weighted by Gasteiger charge is 2.17. The van der Waals surface area contributed by atoms with E-state index in [1.165, 1.54) is 26.2 Å². The summed E-state index contributed by atoms with van der Waals surface area (Å²) < 4.78 is 5.26. The largest absolute Gasteiger partial charge is 0.496 e. The highest BCUT2D eigenvalue weighted by atomic mass is 35.5. The lowest BCUT2D eigenvalue weighted by atomic mass is 10.1. The molecule has 0 spiro atoms. The predicted octanol–water partition coefficient (Wildman–Crippen LogP) is 4.18. The number of carbonyl (C=O) groups excluding carboxylic acids is 2. The van der Waals surface area contributed by atoms with E-state index in [9.17, 15) is 9.59 Å². The van der Waals surface area contributed by atoms with Crippen molar-refractivity contribution in [1.29, 1.82) is 0 Å². The molecule has 0 aliphatic heterocycles. The van der Waals surface area contributed by atoms with Gasteiger partial charge in [-0.1, -0.05) is 17.7 Å². The maximum atomic E-state index is 12.6. The molecular formula is C18H19ClN2O3. The molecule has 2 aromatic carbocycles. The molecule has 0 fully saturated rings. The van der Waals surface area contributed by atoms with Crippen LogP contribution in [-0.2, 0) is 4.79 Å². The second-order valence-corrected chi connectivity index (χ2v) is 5.95. The number of methoxy groups -OCH3 is 1. The van der Waals surface area contributed by atoms with E-state index in [1.807, 2.05) is 32.0 Å². The molecule has 24 heavy (non-hydrogen) atoms. The third kappa shape index (κ3) is 4.26. The summed E-state index contributed by atoms with van der Waals surface area (Å²) in [7, 11) is 1.45. The molecule has 0 bridgehead atoms. The van der Waals surface area contributed by atoms with Crippen molar-refractivity contribution in [3.8, 4) is 5.75 Å². The lowest BCUT2D eigenvalue weighted by molar-refractivity contribution is -0.114. The molecule has 0 saturated carbocycles. The highest BCUT2D eigenvalue weighted by molar-refractivity contribution is 6.34. The van der Waals surface area contributed by atoms with Gasteiger partial charge in [0, 0.05) is 18.7 Å². The van der Waals surface area contributed by atoms with Crippen molar-refractivity contribution in [2.45, 2.75) is 20.8 Å². The van der Waals surface area contributed by atoms with Crippen LogP contribution < -0.4 is 15.4 Å². The number of halogens is 1. The molecular weight excluding hydrogens is 328 g/mol. The van der Waals surface area contributed by atoms with Crippen LogP contribution in [0, 0.1) is 13.8 Å². The van der Waals surface area contributed by atoms with Gasteiger partial charge in [0.2, 0.25) is 5.91 Å². The van der Waals surface area contributed by atoms with Gasteiger partial charge in [0.05, 0.1) is 23.4 Å². The van der Waals surface area contributed by atoms with Gasteiger partial charge in [-0.25, -0.2) is 0 Å². The summed E-state index contributed by atoms with van der Waals surface area (Å²) in [6.07, 6.45) is 0. The molecule has 0 atom stereocenters. The molecule has 0 heterocycles. The number of ether oxygens (including phenoxy) is 1. The van der Waals surface area contributed by atoms with Crippen LogP contribution in [-0.4, -0.2) is 18.9 Å². The van der Waals surface area contributed by atoms with Gasteiger partial charge in [0.1, 0.15) is 5.75 Å². The number of carbonyl (C=O) groups is 2. The number of nitrogens with one attached hydrogen (secondary N) is 2. The van der Waals surface area contributed by atoms with E-state index in [0.29, 0.717) is 17.1 Å². The van der Waals surface area contributed by atoms with Crippen molar-refractivity contribution in [1.82, 2.24) is 0 Å². The number of benzene rings is 2. The van der Waals surface area contributed by atoms with Crippen LogP contribution in [0.4, 0.5) is 11.4 Å². The average molecular weight is 347 g/mol. The van der Waals surface area contributed by atoms with Gasteiger partial charge in [-0.15, -0.1) is 0 Å². The van der Waals surface area contributed by atoms with Gasteiger partial charge < -0.3 is 15.4 Å². The highest BCUT2D eigenvalue weighted by Crippen LogP contribution is 2.31. The Hall–Kier alpha value is -2.53. The molecule has 5 nitrogen and oxygen atoms in total. The van der Waals surface area contributed by atoms with Gasteiger partial charge in [-0.2, -0.15) is 0 Å². The summed E-state index contributed by atoms with van der Waals surface area (Å²) in [5, 5.41) is 5.69. The SMILES string of the molecule is COc1cc(NC(C)=O)c(Cl)cc1C(=O)Nc1cc(C)cc(C)c1. The Morgan fingerprint density at radius 1 is 1.00 bits per heavy atom. The van der Waals surface area contributed by atoms with E-state index in [1.54, 1.807) is 0 Å². The van der Waals surface area contributed by atoms with Crippen LogP contribution >= 0.6 is 11.6 Å². The fraction of sp³-hybridized carbons (Fsp3) is 0.222. The van der Waals surface area contributed by atoms with E-state index < -0.39 is 0 Å². The summed E-state index contributed by atoms with van der Waals surface area (Å²) in [6.45, 7) is 5.30. The summed E-state index contributed by atoms with van der Waals surface area (Å²) in [4.78, 5) is 23.8. The van der Waals surface area contributed by atoms with Gasteiger partial charge in [0.15, 0.2) is 0 Å². The number of hydrogen-bond donors (Lipinski definition) is 2. The van der Waals surface area contributed by atoms with Crippen molar-refractivity contribution in [2.24, 2.45) is 0 Å². The zero-order valence-corrected chi connectivity index (χ0v) is 14.7. The number of hydrogen-bond acceptors (Lipinski definition) is 3. The van der Waals surface area contributed by atoms with Crippen LogP contribution in [0.1, 0.15) is 28.4 Å². The first kappa shape index (κ1) is 17.8. The number of rotatable bonds is 4. The number of aryl methyl sites for hydroxylation is 2. The Morgan fingerprint density at radius 3 is 2.17 bits per heavy atom. The van der Waals surface area contributed by atoms with Crippen molar-refractivity contribution in [3.05, 3.63) is 52.0 Å². The molecule has 0 saturated heterocycles. The molecule has 0 radical (unpaired) electrons. The third-order valence-corrected chi connectivity index (χ3v) is 3.64. The minimum atomic E-state index is -0.340. The van der Waals surface area contributed by atoms with E-state index in [0.717, 1.165) is 11.1 Å². The maximum absolute atomic E-state index is 12.6. The fourth-order valence-electron chi connectivity index (χ4n) is 2.43. The van der Waals surface area contributed by atoms with E-state index in [2.05, 4.69) is 10.6 Å².